The van der Waals surface area contributed by atoms with Gasteiger partial charge in [0.15, 0.2) is 5.83 Å². The summed E-state index contributed by atoms with van der Waals surface area (Å²) in [6, 6.07) is -12.4. The van der Waals surface area contributed by atoms with Gasteiger partial charge < -0.3 is 0 Å². The summed E-state index contributed by atoms with van der Waals surface area (Å²) in [6.45, 7) is 0. The summed E-state index contributed by atoms with van der Waals surface area (Å²) >= 11 is 0. The fourth-order valence-corrected chi connectivity index (χ4v) is 1.08. The summed E-state index contributed by atoms with van der Waals surface area (Å²) in [5, 5.41) is 0. The van der Waals surface area contributed by atoms with Gasteiger partial charge in [-0.2, -0.15) is 35.1 Å². The Labute approximate surface area is 102 Å². The molecule has 1 saturated heterocycles. The third-order valence-electron chi connectivity index (χ3n) is 2.02. The Morgan fingerprint density at radius 3 is 1.50 bits per heavy atom. The molecular formula is C7H2F11NO. The maximum absolute atomic E-state index is 12.9. The standard InChI is InChI=1S/C7H2F11NO/c8-2(3(9)10)1-19-4(11,12)6(15,16)20-7(17,18)5(19,13)14/h1,3H. The van der Waals surface area contributed by atoms with Gasteiger partial charge >= 0.3 is 24.3 Å². The molecule has 118 valence electrons. The van der Waals surface area contributed by atoms with Crippen molar-refractivity contribution >= 4 is 0 Å². The smallest absolute Gasteiger partial charge is 0.242 e. The summed E-state index contributed by atoms with van der Waals surface area (Å²) in [5.74, 6) is -3.04. The van der Waals surface area contributed by atoms with Crippen LogP contribution < -0.4 is 0 Å². The molecule has 2 nitrogen and oxygen atoms in total. The fourth-order valence-electron chi connectivity index (χ4n) is 1.08. The third kappa shape index (κ3) is 2.27. The molecule has 0 saturated carbocycles. The molecule has 1 rings (SSSR count). The predicted octanol–water partition coefficient (Wildman–Crippen LogP) is 3.77. The van der Waals surface area contributed by atoms with Gasteiger partial charge in [-0.3, -0.25) is 0 Å². The summed E-state index contributed by atoms with van der Waals surface area (Å²) in [5.41, 5.74) is 0. The molecule has 0 spiro atoms. The van der Waals surface area contributed by atoms with E-state index in [1.807, 2.05) is 4.74 Å². The maximum atomic E-state index is 12.9. The second-order valence-electron chi connectivity index (χ2n) is 3.40. The first-order chi connectivity index (χ1) is 8.67. The summed E-state index contributed by atoms with van der Waals surface area (Å²) in [4.78, 5) is -2.50. The molecule has 13 heteroatoms. The van der Waals surface area contributed by atoms with Crippen LogP contribution in [-0.4, -0.2) is 35.6 Å². The first-order valence-corrected chi connectivity index (χ1v) is 4.33. The lowest BCUT2D eigenvalue weighted by Crippen LogP contribution is -2.72. The number of hydrogen-bond acceptors (Lipinski definition) is 2. The second kappa shape index (κ2) is 4.36. The van der Waals surface area contributed by atoms with Crippen molar-refractivity contribution in [3.8, 4) is 0 Å². The van der Waals surface area contributed by atoms with E-state index < -0.39 is 47.7 Å². The second-order valence-corrected chi connectivity index (χ2v) is 3.40. The number of alkyl halides is 10. The van der Waals surface area contributed by atoms with Crippen LogP contribution in [0.15, 0.2) is 12.0 Å². The van der Waals surface area contributed by atoms with Crippen LogP contribution in [-0.2, 0) is 4.74 Å². The zero-order valence-electron chi connectivity index (χ0n) is 8.67. The highest BCUT2D eigenvalue weighted by Crippen LogP contribution is 2.55. The van der Waals surface area contributed by atoms with Gasteiger partial charge in [0, 0.05) is 6.20 Å². The number of morpholine rings is 1. The van der Waals surface area contributed by atoms with Crippen molar-refractivity contribution < 1.29 is 53.0 Å². The van der Waals surface area contributed by atoms with E-state index in [-0.39, 0.29) is 0 Å². The summed E-state index contributed by atoms with van der Waals surface area (Å²) in [7, 11) is 0. The van der Waals surface area contributed by atoms with Crippen molar-refractivity contribution in [2.24, 2.45) is 0 Å². The van der Waals surface area contributed by atoms with E-state index in [1.54, 1.807) is 0 Å². The molecule has 1 fully saturated rings. The van der Waals surface area contributed by atoms with E-state index in [4.69, 9.17) is 0 Å². The molecule has 0 unspecified atom stereocenters. The molecule has 1 aliphatic heterocycles. The Morgan fingerprint density at radius 2 is 1.20 bits per heavy atom. The molecule has 1 heterocycles. The highest BCUT2D eigenvalue weighted by atomic mass is 19.4. The van der Waals surface area contributed by atoms with Crippen molar-refractivity contribution in [3.63, 3.8) is 0 Å². The SMILES string of the molecule is FC(=CN1C(F)(F)C(F)(F)OC(F)(F)C1(F)F)C(F)F. The van der Waals surface area contributed by atoms with Crippen molar-refractivity contribution in [1.29, 1.82) is 0 Å². The van der Waals surface area contributed by atoms with Crippen LogP contribution in [0.4, 0.5) is 48.3 Å². The molecule has 0 bridgehead atoms. The Bertz CT molecular complexity index is 391. The molecular weight excluding hydrogens is 323 g/mol. The topological polar surface area (TPSA) is 12.5 Å². The minimum Gasteiger partial charge on any atom is -0.242 e. The summed E-state index contributed by atoms with van der Waals surface area (Å²) < 4.78 is 140. The normalized spacial score (nSPS) is 27.8. The Hall–Kier alpha value is -1.27. The molecule has 0 atom stereocenters. The fraction of sp³-hybridized carbons (Fsp3) is 0.714. The van der Waals surface area contributed by atoms with E-state index in [0.29, 0.717) is 0 Å². The van der Waals surface area contributed by atoms with Crippen LogP contribution in [0.3, 0.4) is 0 Å². The van der Waals surface area contributed by atoms with Crippen molar-refractivity contribution in [2.75, 3.05) is 0 Å². The zero-order valence-corrected chi connectivity index (χ0v) is 8.67. The van der Waals surface area contributed by atoms with Gasteiger partial charge in [-0.05, 0) is 0 Å². The van der Waals surface area contributed by atoms with E-state index >= 15 is 0 Å². The monoisotopic (exact) mass is 325 g/mol. The number of allylic oxidation sites excluding steroid dienone is 1. The van der Waals surface area contributed by atoms with Crippen LogP contribution in [0.1, 0.15) is 0 Å². The molecule has 0 N–H and O–H groups in total. The van der Waals surface area contributed by atoms with Gasteiger partial charge in [0.05, 0.1) is 0 Å². The number of halogens is 11. The lowest BCUT2D eigenvalue weighted by molar-refractivity contribution is -0.555. The van der Waals surface area contributed by atoms with Gasteiger partial charge in [0.1, 0.15) is 0 Å². The Balaban J connectivity index is 3.44. The number of hydrogen-bond donors (Lipinski definition) is 0. The van der Waals surface area contributed by atoms with Gasteiger partial charge in [0.25, 0.3) is 6.43 Å². The van der Waals surface area contributed by atoms with Crippen molar-refractivity contribution in [3.05, 3.63) is 12.0 Å². The lowest BCUT2D eigenvalue weighted by Gasteiger charge is -2.46. The molecule has 0 aromatic carbocycles. The average molecular weight is 325 g/mol. The zero-order chi connectivity index (χ0) is 16.1. The van der Waals surface area contributed by atoms with Crippen LogP contribution in [0.25, 0.3) is 0 Å². The molecule has 1 aliphatic rings. The number of ether oxygens (including phenoxy) is 1. The van der Waals surface area contributed by atoms with Crippen LogP contribution >= 0.6 is 0 Å². The quantitative estimate of drug-likeness (QED) is 0.566. The minimum atomic E-state index is -6.20. The van der Waals surface area contributed by atoms with E-state index in [9.17, 15) is 48.3 Å². The minimum absolute atomic E-state index is 1.52. The molecule has 0 radical (unpaired) electrons. The highest BCUT2D eigenvalue weighted by Gasteiger charge is 2.82. The third-order valence-corrected chi connectivity index (χ3v) is 2.02. The first-order valence-electron chi connectivity index (χ1n) is 4.33. The molecule has 20 heavy (non-hydrogen) atoms. The first kappa shape index (κ1) is 16.8. The van der Waals surface area contributed by atoms with Crippen molar-refractivity contribution in [2.45, 2.75) is 30.7 Å². The highest BCUT2D eigenvalue weighted by molar-refractivity contribution is 5.04. The molecule has 0 aromatic rings. The largest absolute Gasteiger partial charge is 0.445 e. The van der Waals surface area contributed by atoms with E-state index in [2.05, 4.69) is 0 Å². The van der Waals surface area contributed by atoms with Gasteiger partial charge in [-0.15, -0.1) is 0 Å². The maximum Gasteiger partial charge on any atom is 0.445 e. The van der Waals surface area contributed by atoms with Gasteiger partial charge in [-0.1, -0.05) is 0 Å². The Kier molecular flexibility index (Phi) is 3.66. The predicted molar refractivity (Wildman–Crippen MR) is 37.9 cm³/mol. The van der Waals surface area contributed by atoms with Crippen LogP contribution in [0, 0.1) is 0 Å². The van der Waals surface area contributed by atoms with Crippen molar-refractivity contribution in [1.82, 2.24) is 4.90 Å². The Morgan fingerprint density at radius 1 is 0.850 bits per heavy atom. The lowest BCUT2D eigenvalue weighted by atomic mass is 10.3. The average Bonchev–Trinajstić information content (AvgIpc) is 2.21. The van der Waals surface area contributed by atoms with E-state index in [1.165, 1.54) is 0 Å². The molecule has 0 amide bonds. The molecule has 0 aromatic heterocycles. The number of rotatable bonds is 2. The van der Waals surface area contributed by atoms with Crippen LogP contribution in [0.5, 0.6) is 0 Å². The number of nitrogens with zero attached hydrogens (tertiary/aromatic N) is 1. The van der Waals surface area contributed by atoms with Gasteiger partial charge in [0.2, 0.25) is 0 Å². The van der Waals surface area contributed by atoms with Gasteiger partial charge in [-0.25, -0.2) is 22.8 Å². The molecule has 0 aliphatic carbocycles. The van der Waals surface area contributed by atoms with Crippen LogP contribution in [0.2, 0.25) is 0 Å². The summed E-state index contributed by atoms with van der Waals surface area (Å²) in [6.07, 6.45) is -18.1. The van der Waals surface area contributed by atoms with E-state index in [0.717, 1.165) is 0 Å².